The number of amides is 1. The van der Waals surface area contributed by atoms with Gasteiger partial charge in [0.15, 0.2) is 0 Å². The smallest absolute Gasteiger partial charge is 0.252 e. The molecule has 110 valence electrons. The van der Waals surface area contributed by atoms with E-state index in [9.17, 15) is 4.79 Å². The quantitative estimate of drug-likeness (QED) is 0.790. The van der Waals surface area contributed by atoms with Crippen LogP contribution in [-0.4, -0.2) is 17.1 Å². The molecule has 2 aromatic carbocycles. The van der Waals surface area contributed by atoms with E-state index in [4.69, 9.17) is 5.11 Å². The van der Waals surface area contributed by atoms with Gasteiger partial charge in [0.05, 0.1) is 0 Å². The van der Waals surface area contributed by atoms with Crippen LogP contribution in [0.3, 0.4) is 0 Å². The Morgan fingerprint density at radius 1 is 0.952 bits per heavy atom. The Labute approximate surface area is 124 Å². The maximum absolute atomic E-state index is 11.4. The van der Waals surface area contributed by atoms with E-state index < -0.39 is 12.0 Å². The van der Waals surface area contributed by atoms with Gasteiger partial charge >= 0.3 is 0 Å². The second-order valence-corrected chi connectivity index (χ2v) is 5.02. The van der Waals surface area contributed by atoms with Gasteiger partial charge in [-0.1, -0.05) is 30.3 Å². The molecule has 0 saturated heterocycles. The van der Waals surface area contributed by atoms with Crippen molar-refractivity contribution in [3.8, 4) is 0 Å². The van der Waals surface area contributed by atoms with Gasteiger partial charge in [0.1, 0.15) is 6.10 Å². The van der Waals surface area contributed by atoms with Gasteiger partial charge in [-0.05, 0) is 43.7 Å². The topological polar surface area (TPSA) is 61.4 Å². The van der Waals surface area contributed by atoms with E-state index in [0.29, 0.717) is 5.69 Å². The lowest BCUT2D eigenvalue weighted by Crippen LogP contribution is -2.24. The minimum Gasteiger partial charge on any atom is -0.384 e. The molecule has 0 fully saturated rings. The number of benzene rings is 2. The summed E-state index contributed by atoms with van der Waals surface area (Å²) in [6.07, 6.45) is -1.01. The number of aliphatic hydroxyl groups excluding tert-OH is 1. The van der Waals surface area contributed by atoms with Crippen LogP contribution < -0.4 is 10.6 Å². The Hall–Kier alpha value is -2.33. The fourth-order valence-electron chi connectivity index (χ4n) is 1.97. The Balaban J connectivity index is 1.98. The van der Waals surface area contributed by atoms with Crippen LogP contribution in [0.15, 0.2) is 54.6 Å². The van der Waals surface area contributed by atoms with Crippen LogP contribution in [0.25, 0.3) is 0 Å². The van der Waals surface area contributed by atoms with Crippen LogP contribution in [0.1, 0.15) is 25.5 Å². The summed E-state index contributed by atoms with van der Waals surface area (Å²) in [6, 6.07) is 17.8. The monoisotopic (exact) mass is 284 g/mol. The molecular weight excluding hydrogens is 264 g/mol. The highest BCUT2D eigenvalue weighted by molar-refractivity contribution is 5.93. The van der Waals surface area contributed by atoms with Gasteiger partial charge in [0.25, 0.3) is 5.91 Å². The molecule has 2 atom stereocenters. The van der Waals surface area contributed by atoms with Crippen molar-refractivity contribution in [1.29, 1.82) is 0 Å². The van der Waals surface area contributed by atoms with Gasteiger partial charge in [0.2, 0.25) is 0 Å². The van der Waals surface area contributed by atoms with E-state index >= 15 is 0 Å². The first-order valence-electron chi connectivity index (χ1n) is 6.97. The third-order valence-electron chi connectivity index (χ3n) is 3.21. The van der Waals surface area contributed by atoms with Gasteiger partial charge in [-0.25, -0.2) is 0 Å². The van der Waals surface area contributed by atoms with Crippen molar-refractivity contribution in [3.63, 3.8) is 0 Å². The van der Waals surface area contributed by atoms with Gasteiger partial charge in [0, 0.05) is 17.4 Å². The summed E-state index contributed by atoms with van der Waals surface area (Å²) in [5.74, 6) is -0.409. The lowest BCUT2D eigenvalue weighted by Gasteiger charge is -2.16. The molecule has 2 rings (SSSR count). The molecule has 0 aliphatic carbocycles. The van der Waals surface area contributed by atoms with Crippen molar-refractivity contribution in [2.24, 2.45) is 0 Å². The van der Waals surface area contributed by atoms with Crippen molar-refractivity contribution >= 4 is 17.3 Å². The molecule has 0 spiro atoms. The van der Waals surface area contributed by atoms with Gasteiger partial charge < -0.3 is 15.7 Å². The molecule has 0 radical (unpaired) electrons. The van der Waals surface area contributed by atoms with E-state index in [1.807, 2.05) is 30.3 Å². The standard InChI is InChI=1S/C17H20N2O2/c1-12(14-6-4-3-5-7-14)18-15-8-10-16(11-9-15)19-17(21)13(2)20/h3-13,18,20H,1-2H3,(H,19,21). The molecule has 4 heteroatoms. The van der Waals surface area contributed by atoms with E-state index in [0.717, 1.165) is 5.69 Å². The van der Waals surface area contributed by atoms with E-state index in [2.05, 4.69) is 29.7 Å². The molecule has 4 nitrogen and oxygen atoms in total. The van der Waals surface area contributed by atoms with Gasteiger partial charge in [-0.3, -0.25) is 4.79 Å². The predicted molar refractivity (Wildman–Crippen MR) is 85.2 cm³/mol. The minimum atomic E-state index is -1.01. The Morgan fingerprint density at radius 3 is 2.10 bits per heavy atom. The van der Waals surface area contributed by atoms with Crippen molar-refractivity contribution in [3.05, 3.63) is 60.2 Å². The molecule has 0 saturated carbocycles. The summed E-state index contributed by atoms with van der Waals surface area (Å²) in [5, 5.41) is 15.2. The van der Waals surface area contributed by atoms with Crippen molar-refractivity contribution < 1.29 is 9.90 Å². The van der Waals surface area contributed by atoms with Crippen LogP contribution in [0.4, 0.5) is 11.4 Å². The third-order valence-corrected chi connectivity index (χ3v) is 3.21. The number of hydrogen-bond donors (Lipinski definition) is 3. The zero-order valence-electron chi connectivity index (χ0n) is 12.2. The molecule has 2 unspecified atom stereocenters. The zero-order valence-corrected chi connectivity index (χ0v) is 12.2. The summed E-state index contributed by atoms with van der Waals surface area (Å²) >= 11 is 0. The summed E-state index contributed by atoms with van der Waals surface area (Å²) < 4.78 is 0. The third kappa shape index (κ3) is 4.33. The molecule has 21 heavy (non-hydrogen) atoms. The van der Waals surface area contributed by atoms with E-state index in [-0.39, 0.29) is 6.04 Å². The normalized spacial score (nSPS) is 13.3. The van der Waals surface area contributed by atoms with Crippen LogP contribution in [-0.2, 0) is 4.79 Å². The zero-order chi connectivity index (χ0) is 15.2. The van der Waals surface area contributed by atoms with Crippen LogP contribution in [0.5, 0.6) is 0 Å². The molecule has 3 N–H and O–H groups in total. The molecule has 2 aromatic rings. The maximum Gasteiger partial charge on any atom is 0.252 e. The highest BCUT2D eigenvalue weighted by Crippen LogP contribution is 2.20. The Kier molecular flexibility index (Phi) is 4.95. The summed E-state index contributed by atoms with van der Waals surface area (Å²) in [6.45, 7) is 3.53. The first-order valence-corrected chi connectivity index (χ1v) is 6.97. The number of anilines is 2. The minimum absolute atomic E-state index is 0.198. The largest absolute Gasteiger partial charge is 0.384 e. The van der Waals surface area contributed by atoms with E-state index in [1.54, 1.807) is 12.1 Å². The van der Waals surface area contributed by atoms with E-state index in [1.165, 1.54) is 12.5 Å². The van der Waals surface area contributed by atoms with Gasteiger partial charge in [-0.2, -0.15) is 0 Å². The Bertz CT molecular complexity index is 579. The fourth-order valence-corrected chi connectivity index (χ4v) is 1.97. The first-order chi connectivity index (χ1) is 10.1. The van der Waals surface area contributed by atoms with Crippen molar-refractivity contribution in [2.75, 3.05) is 10.6 Å². The number of rotatable bonds is 5. The number of carbonyl (C=O) groups excluding carboxylic acids is 1. The molecule has 0 bridgehead atoms. The molecule has 1 amide bonds. The SMILES string of the molecule is CC(O)C(=O)Nc1ccc(NC(C)c2ccccc2)cc1. The lowest BCUT2D eigenvalue weighted by molar-refractivity contribution is -0.123. The first kappa shape index (κ1) is 15.1. The highest BCUT2D eigenvalue weighted by atomic mass is 16.3. The second kappa shape index (κ2) is 6.90. The average Bonchev–Trinajstić information content (AvgIpc) is 2.50. The molecule has 0 heterocycles. The molecule has 0 aromatic heterocycles. The van der Waals surface area contributed by atoms with Crippen LogP contribution in [0.2, 0.25) is 0 Å². The maximum atomic E-state index is 11.4. The number of aliphatic hydroxyl groups is 1. The van der Waals surface area contributed by atoms with Crippen LogP contribution in [0, 0.1) is 0 Å². The summed E-state index contributed by atoms with van der Waals surface area (Å²) in [4.78, 5) is 11.4. The summed E-state index contributed by atoms with van der Waals surface area (Å²) in [5.41, 5.74) is 2.85. The molecule has 0 aliphatic heterocycles. The van der Waals surface area contributed by atoms with Crippen LogP contribution >= 0.6 is 0 Å². The Morgan fingerprint density at radius 2 is 1.52 bits per heavy atom. The molecular formula is C17H20N2O2. The summed E-state index contributed by atoms with van der Waals surface area (Å²) in [7, 11) is 0. The number of hydrogen-bond acceptors (Lipinski definition) is 3. The fraction of sp³-hybridized carbons (Fsp3) is 0.235. The average molecular weight is 284 g/mol. The predicted octanol–water partition coefficient (Wildman–Crippen LogP) is 3.18. The molecule has 0 aliphatic rings. The number of nitrogens with one attached hydrogen (secondary N) is 2. The number of carbonyl (C=O) groups is 1. The highest BCUT2D eigenvalue weighted by Gasteiger charge is 2.09. The second-order valence-electron chi connectivity index (χ2n) is 5.02. The lowest BCUT2D eigenvalue weighted by atomic mass is 10.1. The van der Waals surface area contributed by atoms with Crippen molar-refractivity contribution in [1.82, 2.24) is 0 Å². The van der Waals surface area contributed by atoms with Crippen molar-refractivity contribution in [2.45, 2.75) is 26.0 Å². The van der Waals surface area contributed by atoms with Gasteiger partial charge in [-0.15, -0.1) is 0 Å².